The lowest BCUT2D eigenvalue weighted by molar-refractivity contribution is -0.138. The van der Waals surface area contributed by atoms with E-state index in [4.69, 9.17) is 5.11 Å². The van der Waals surface area contributed by atoms with Crippen LogP contribution in [0, 0.1) is 0 Å². The molecule has 0 saturated heterocycles. The number of hydrogen-bond donors (Lipinski definition) is 3. The first kappa shape index (κ1) is 14.7. The Morgan fingerprint density at radius 3 is 2.50 bits per heavy atom. The number of nitrogens with one attached hydrogen (secondary N) is 1. The Hall–Kier alpha value is -1.33. The lowest BCUT2D eigenvalue weighted by Gasteiger charge is -2.11. The Kier molecular flexibility index (Phi) is 6.46. The van der Waals surface area contributed by atoms with Crippen molar-refractivity contribution in [3.63, 3.8) is 0 Å². The first-order valence-electron chi connectivity index (χ1n) is 5.80. The average Bonchev–Trinajstić information content (AvgIpc) is 2.39. The number of carbonyl (C=O) groups excluding carboxylic acids is 1. The monoisotopic (exact) mass is 267 g/mol. The minimum Gasteiger partial charge on any atom is -0.480 e. The van der Waals surface area contributed by atoms with E-state index in [1.54, 1.807) is 12.1 Å². The molecule has 1 aromatic carbocycles. The van der Waals surface area contributed by atoms with Crippen LogP contribution in [0.4, 0.5) is 0 Å². The van der Waals surface area contributed by atoms with Gasteiger partial charge in [-0.3, -0.25) is 9.59 Å². The second-order valence-electron chi connectivity index (χ2n) is 3.92. The van der Waals surface area contributed by atoms with Crippen molar-refractivity contribution in [1.82, 2.24) is 5.32 Å². The molecule has 5 heteroatoms. The molecule has 18 heavy (non-hydrogen) atoms. The topological polar surface area (TPSA) is 66.4 Å². The van der Waals surface area contributed by atoms with E-state index < -0.39 is 12.0 Å². The molecule has 0 aliphatic carbocycles. The molecule has 1 aromatic rings. The summed E-state index contributed by atoms with van der Waals surface area (Å²) >= 11 is 3.94. The van der Waals surface area contributed by atoms with Crippen LogP contribution in [0.15, 0.2) is 30.3 Å². The van der Waals surface area contributed by atoms with Gasteiger partial charge in [0.05, 0.1) is 0 Å². The summed E-state index contributed by atoms with van der Waals surface area (Å²) < 4.78 is 0. The van der Waals surface area contributed by atoms with Crippen LogP contribution in [0.1, 0.15) is 23.2 Å². The fourth-order valence-electron chi connectivity index (χ4n) is 1.52. The fourth-order valence-corrected chi connectivity index (χ4v) is 1.81. The van der Waals surface area contributed by atoms with Crippen LogP contribution in [0.5, 0.6) is 0 Å². The van der Waals surface area contributed by atoms with E-state index in [1.807, 2.05) is 18.2 Å². The number of ketones is 1. The summed E-state index contributed by atoms with van der Waals surface area (Å²) in [5, 5.41) is 11.6. The molecule has 0 bridgehead atoms. The molecule has 0 aliphatic rings. The molecule has 0 spiro atoms. The summed E-state index contributed by atoms with van der Waals surface area (Å²) in [6.45, 7) is 0.496. The fraction of sp³-hybridized carbons (Fsp3) is 0.385. The maximum Gasteiger partial charge on any atom is 0.321 e. The molecule has 0 amide bonds. The van der Waals surface area contributed by atoms with Crippen LogP contribution in [0.3, 0.4) is 0 Å². The average molecular weight is 267 g/mol. The second kappa shape index (κ2) is 7.89. The minimum absolute atomic E-state index is 0.0788. The normalized spacial score (nSPS) is 12.1. The maximum atomic E-state index is 11.7. The molecule has 1 rings (SSSR count). The number of thiol groups is 1. The quantitative estimate of drug-likeness (QED) is 0.380. The third kappa shape index (κ3) is 4.89. The van der Waals surface area contributed by atoms with Gasteiger partial charge in [0.1, 0.15) is 6.04 Å². The zero-order valence-electron chi connectivity index (χ0n) is 10.0. The summed E-state index contributed by atoms with van der Waals surface area (Å²) in [6, 6.07) is 8.43. The Labute approximate surface area is 112 Å². The number of carboxylic acid groups (broad SMARTS) is 1. The van der Waals surface area contributed by atoms with Crippen molar-refractivity contribution in [2.45, 2.75) is 18.9 Å². The summed E-state index contributed by atoms with van der Waals surface area (Å²) in [5.41, 5.74) is 0.696. The molecule has 0 fully saturated rings. The van der Waals surface area contributed by atoms with Crippen LogP contribution in [0.25, 0.3) is 0 Å². The van der Waals surface area contributed by atoms with Gasteiger partial charge >= 0.3 is 5.97 Å². The third-order valence-corrected chi connectivity index (χ3v) is 2.91. The van der Waals surface area contributed by atoms with Gasteiger partial charge in [-0.05, 0) is 13.0 Å². The minimum atomic E-state index is -0.917. The Morgan fingerprint density at radius 1 is 1.28 bits per heavy atom. The second-order valence-corrected chi connectivity index (χ2v) is 4.29. The SMILES string of the molecule is O=C(CCCN[C@H](CS)C(=O)O)c1ccccc1. The van der Waals surface area contributed by atoms with Gasteiger partial charge in [-0.25, -0.2) is 0 Å². The molecule has 0 heterocycles. The first-order valence-corrected chi connectivity index (χ1v) is 6.43. The zero-order chi connectivity index (χ0) is 13.4. The van der Waals surface area contributed by atoms with Crippen molar-refractivity contribution in [3.8, 4) is 0 Å². The Morgan fingerprint density at radius 2 is 1.94 bits per heavy atom. The van der Waals surface area contributed by atoms with Crippen molar-refractivity contribution in [1.29, 1.82) is 0 Å². The van der Waals surface area contributed by atoms with E-state index in [0.717, 1.165) is 0 Å². The van der Waals surface area contributed by atoms with E-state index in [-0.39, 0.29) is 11.5 Å². The summed E-state index contributed by atoms with van der Waals surface area (Å²) in [7, 11) is 0. The van der Waals surface area contributed by atoms with Crippen LogP contribution >= 0.6 is 12.6 Å². The highest BCUT2D eigenvalue weighted by Crippen LogP contribution is 2.04. The molecule has 98 valence electrons. The van der Waals surface area contributed by atoms with Crippen LogP contribution < -0.4 is 5.32 Å². The summed E-state index contributed by atoms with van der Waals surface area (Å²) in [6.07, 6.45) is 1.03. The number of Topliss-reactive ketones (excluding diaryl/α,β-unsaturated/α-hetero) is 1. The molecule has 0 aromatic heterocycles. The number of aliphatic carboxylic acids is 1. The van der Waals surface area contributed by atoms with Gasteiger partial charge < -0.3 is 10.4 Å². The van der Waals surface area contributed by atoms with Crippen molar-refractivity contribution in [3.05, 3.63) is 35.9 Å². The highest BCUT2D eigenvalue weighted by atomic mass is 32.1. The van der Waals surface area contributed by atoms with Crippen LogP contribution in [-0.4, -0.2) is 35.2 Å². The summed E-state index contributed by atoms with van der Waals surface area (Å²) in [4.78, 5) is 22.4. The zero-order valence-corrected chi connectivity index (χ0v) is 10.9. The molecule has 2 N–H and O–H groups in total. The van der Waals surface area contributed by atoms with E-state index >= 15 is 0 Å². The van der Waals surface area contributed by atoms with Gasteiger partial charge in [0.15, 0.2) is 5.78 Å². The predicted octanol–water partition coefficient (Wildman–Crippen LogP) is 1.62. The molecular weight excluding hydrogens is 250 g/mol. The van der Waals surface area contributed by atoms with Gasteiger partial charge in [0.2, 0.25) is 0 Å². The molecule has 0 unspecified atom stereocenters. The number of carboxylic acids is 1. The van der Waals surface area contributed by atoms with E-state index in [0.29, 0.717) is 24.9 Å². The molecular formula is C13H17NO3S. The van der Waals surface area contributed by atoms with Gasteiger partial charge in [-0.1, -0.05) is 30.3 Å². The van der Waals surface area contributed by atoms with E-state index in [2.05, 4.69) is 17.9 Å². The highest BCUT2D eigenvalue weighted by Gasteiger charge is 2.14. The van der Waals surface area contributed by atoms with E-state index in [9.17, 15) is 9.59 Å². The number of carbonyl (C=O) groups is 2. The van der Waals surface area contributed by atoms with Crippen LogP contribution in [-0.2, 0) is 4.79 Å². The van der Waals surface area contributed by atoms with Crippen molar-refractivity contribution in [2.24, 2.45) is 0 Å². The molecule has 1 atom stereocenters. The largest absolute Gasteiger partial charge is 0.480 e. The Balaban J connectivity index is 2.26. The van der Waals surface area contributed by atoms with Gasteiger partial charge in [0.25, 0.3) is 0 Å². The first-order chi connectivity index (χ1) is 8.65. The van der Waals surface area contributed by atoms with Crippen molar-refractivity contribution < 1.29 is 14.7 Å². The number of rotatable bonds is 8. The third-order valence-electron chi connectivity index (χ3n) is 2.55. The lowest BCUT2D eigenvalue weighted by atomic mass is 10.1. The van der Waals surface area contributed by atoms with E-state index in [1.165, 1.54) is 0 Å². The van der Waals surface area contributed by atoms with Crippen LogP contribution in [0.2, 0.25) is 0 Å². The maximum absolute atomic E-state index is 11.7. The number of hydrogen-bond acceptors (Lipinski definition) is 4. The number of benzene rings is 1. The van der Waals surface area contributed by atoms with Gasteiger partial charge in [0, 0.05) is 17.7 Å². The Bertz CT molecular complexity index is 394. The highest BCUT2D eigenvalue weighted by molar-refractivity contribution is 7.80. The molecule has 0 radical (unpaired) electrons. The molecule has 0 saturated carbocycles. The molecule has 4 nitrogen and oxygen atoms in total. The van der Waals surface area contributed by atoms with Crippen molar-refractivity contribution in [2.75, 3.05) is 12.3 Å². The van der Waals surface area contributed by atoms with Gasteiger partial charge in [-0.15, -0.1) is 0 Å². The lowest BCUT2D eigenvalue weighted by Crippen LogP contribution is -2.38. The molecule has 0 aliphatic heterocycles. The predicted molar refractivity (Wildman–Crippen MR) is 73.3 cm³/mol. The van der Waals surface area contributed by atoms with Gasteiger partial charge in [-0.2, -0.15) is 12.6 Å². The summed E-state index contributed by atoms with van der Waals surface area (Å²) in [5.74, 6) is -0.600. The smallest absolute Gasteiger partial charge is 0.321 e. The standard InChI is InChI=1S/C13H17NO3S/c15-12(10-5-2-1-3-6-10)7-4-8-14-11(9-18)13(16)17/h1-3,5-6,11,14,18H,4,7-9H2,(H,16,17)/t11-/m1/s1. The van der Waals surface area contributed by atoms with Crippen molar-refractivity contribution >= 4 is 24.4 Å².